The molecule has 0 saturated heterocycles. The van der Waals surface area contributed by atoms with Crippen molar-refractivity contribution in [2.45, 2.75) is 30.0 Å². The van der Waals surface area contributed by atoms with Gasteiger partial charge in [0.25, 0.3) is 5.91 Å². The number of hydrogen-bond donors (Lipinski definition) is 3. The zero-order valence-corrected chi connectivity index (χ0v) is 16.0. The van der Waals surface area contributed by atoms with Gasteiger partial charge in [0.15, 0.2) is 0 Å². The second-order valence-corrected chi connectivity index (χ2v) is 8.25. The van der Waals surface area contributed by atoms with Crippen LogP contribution in [0, 0.1) is 0 Å². The first-order chi connectivity index (χ1) is 13.6. The molecule has 1 aliphatic rings. The van der Waals surface area contributed by atoms with Gasteiger partial charge in [-0.15, -0.1) is 0 Å². The van der Waals surface area contributed by atoms with Crippen molar-refractivity contribution in [2.75, 3.05) is 18.4 Å². The number of alkyl halides is 3. The highest BCUT2D eigenvalue weighted by Gasteiger charge is 2.30. The summed E-state index contributed by atoms with van der Waals surface area (Å²) in [6.07, 6.45) is -2.05. The Balaban J connectivity index is 1.45. The molecule has 1 amide bonds. The van der Waals surface area contributed by atoms with Crippen molar-refractivity contribution in [3.8, 4) is 0 Å². The third-order valence-electron chi connectivity index (χ3n) is 4.13. The first kappa shape index (κ1) is 21.1. The Bertz CT molecular complexity index is 957. The summed E-state index contributed by atoms with van der Waals surface area (Å²) in [5.41, 5.74) is -0.544. The van der Waals surface area contributed by atoms with Crippen molar-refractivity contribution in [3.05, 3.63) is 53.7 Å². The van der Waals surface area contributed by atoms with E-state index in [9.17, 15) is 26.4 Å². The van der Waals surface area contributed by atoms with Gasteiger partial charge in [0.05, 0.1) is 10.5 Å². The highest BCUT2D eigenvalue weighted by Crippen LogP contribution is 2.28. The van der Waals surface area contributed by atoms with Crippen LogP contribution in [-0.4, -0.2) is 38.4 Å². The van der Waals surface area contributed by atoms with E-state index in [0.717, 1.165) is 25.1 Å². The molecule has 1 heterocycles. The molecular weight excluding hydrogens is 409 g/mol. The summed E-state index contributed by atoms with van der Waals surface area (Å²) < 4.78 is 64.2. The zero-order chi connectivity index (χ0) is 21.1. The topological polar surface area (TPSA) is 100 Å². The second kappa shape index (κ2) is 8.37. The van der Waals surface area contributed by atoms with Crippen LogP contribution in [0.5, 0.6) is 0 Å². The highest BCUT2D eigenvalue weighted by atomic mass is 32.2. The van der Waals surface area contributed by atoms with Gasteiger partial charge in [-0.1, -0.05) is 0 Å². The quantitative estimate of drug-likeness (QED) is 0.561. The Morgan fingerprint density at radius 2 is 1.76 bits per heavy atom. The van der Waals surface area contributed by atoms with Crippen LogP contribution in [0.2, 0.25) is 0 Å². The predicted molar refractivity (Wildman–Crippen MR) is 99.8 cm³/mol. The summed E-state index contributed by atoms with van der Waals surface area (Å²) in [5.74, 6) is -0.142. The summed E-state index contributed by atoms with van der Waals surface area (Å²) in [4.78, 5) is 15.9. The van der Waals surface area contributed by atoms with Crippen LogP contribution >= 0.6 is 0 Å². The van der Waals surface area contributed by atoms with Crippen LogP contribution in [0.15, 0.2) is 47.5 Å². The average molecular weight is 428 g/mol. The number of halogens is 3. The first-order valence-corrected chi connectivity index (χ1v) is 10.3. The van der Waals surface area contributed by atoms with Crippen LogP contribution in [0.4, 0.5) is 19.0 Å². The minimum Gasteiger partial charge on any atom is -0.368 e. The van der Waals surface area contributed by atoms with E-state index in [4.69, 9.17) is 0 Å². The van der Waals surface area contributed by atoms with Crippen LogP contribution in [0.3, 0.4) is 0 Å². The summed E-state index contributed by atoms with van der Waals surface area (Å²) in [6, 6.07) is 7.69. The van der Waals surface area contributed by atoms with Gasteiger partial charge in [-0.05, 0) is 49.2 Å². The molecule has 0 aliphatic heterocycles. The zero-order valence-electron chi connectivity index (χ0n) is 15.2. The monoisotopic (exact) mass is 428 g/mol. The number of benzene rings is 1. The van der Waals surface area contributed by atoms with Gasteiger partial charge in [-0.3, -0.25) is 4.79 Å². The molecule has 7 nitrogen and oxygen atoms in total. The Kier molecular flexibility index (Phi) is 6.08. The molecule has 1 fully saturated rings. The van der Waals surface area contributed by atoms with E-state index in [1.165, 1.54) is 30.3 Å². The van der Waals surface area contributed by atoms with E-state index in [2.05, 4.69) is 20.3 Å². The van der Waals surface area contributed by atoms with Gasteiger partial charge >= 0.3 is 6.18 Å². The fraction of sp³-hybridized carbons (Fsp3) is 0.333. The van der Waals surface area contributed by atoms with Crippen molar-refractivity contribution in [2.24, 2.45) is 0 Å². The van der Waals surface area contributed by atoms with Crippen LogP contribution in [0.25, 0.3) is 0 Å². The number of hydrogen-bond acceptors (Lipinski definition) is 5. The number of pyridine rings is 1. The molecular formula is C18H19F3N4O3S. The van der Waals surface area contributed by atoms with Gasteiger partial charge in [-0.2, -0.15) is 13.2 Å². The number of anilines is 1. The van der Waals surface area contributed by atoms with Crippen molar-refractivity contribution in [3.63, 3.8) is 0 Å². The summed E-state index contributed by atoms with van der Waals surface area (Å²) in [5, 5.41) is 5.43. The Labute approximate surface area is 165 Å². The second-order valence-electron chi connectivity index (χ2n) is 6.53. The lowest BCUT2D eigenvalue weighted by Gasteiger charge is -2.10. The molecule has 0 unspecified atom stereocenters. The SMILES string of the molecule is O=C(NCCNc1ccc(C(F)(F)F)cn1)c1ccc(S(=O)(=O)NC2CC2)cc1. The minimum absolute atomic E-state index is 0.00497. The van der Waals surface area contributed by atoms with Crippen LogP contribution in [0.1, 0.15) is 28.8 Å². The first-order valence-electron chi connectivity index (χ1n) is 8.83. The molecule has 1 aromatic carbocycles. The lowest BCUT2D eigenvalue weighted by molar-refractivity contribution is -0.137. The van der Waals surface area contributed by atoms with Gasteiger partial charge in [0.1, 0.15) is 5.82 Å². The lowest BCUT2D eigenvalue weighted by Crippen LogP contribution is -2.29. The predicted octanol–water partition coefficient (Wildman–Crippen LogP) is 2.38. The molecule has 156 valence electrons. The molecule has 2 aromatic rings. The Hall–Kier alpha value is -2.66. The number of amides is 1. The minimum atomic E-state index is -4.44. The number of sulfonamides is 1. The maximum atomic E-state index is 12.5. The molecule has 1 aliphatic carbocycles. The number of nitrogens with zero attached hydrogens (tertiary/aromatic N) is 1. The fourth-order valence-electron chi connectivity index (χ4n) is 2.41. The molecule has 0 bridgehead atoms. The fourth-order valence-corrected chi connectivity index (χ4v) is 3.71. The standard InChI is InChI=1S/C18H19F3N4O3S/c19-18(20,21)13-3-8-16(24-11-13)22-9-10-23-17(26)12-1-6-15(7-2-12)29(27,28)25-14-4-5-14/h1-3,6-8,11,14,25H,4-5,9-10H2,(H,22,24)(H,23,26). The summed E-state index contributed by atoms with van der Waals surface area (Å²) in [6.45, 7) is 0.451. The molecule has 1 saturated carbocycles. The van der Waals surface area contributed by atoms with Gasteiger partial charge in [-0.25, -0.2) is 18.1 Å². The smallest absolute Gasteiger partial charge is 0.368 e. The summed E-state index contributed by atoms with van der Waals surface area (Å²) >= 11 is 0. The van der Waals surface area contributed by atoms with Crippen molar-refractivity contribution < 1.29 is 26.4 Å². The summed E-state index contributed by atoms with van der Waals surface area (Å²) in [7, 11) is -3.57. The van der Waals surface area contributed by atoms with E-state index >= 15 is 0 Å². The number of rotatable bonds is 8. The van der Waals surface area contributed by atoms with E-state index in [1.807, 2.05) is 0 Å². The number of carbonyl (C=O) groups excluding carboxylic acids is 1. The van der Waals surface area contributed by atoms with Gasteiger partial charge in [0.2, 0.25) is 10.0 Å². The molecule has 29 heavy (non-hydrogen) atoms. The maximum Gasteiger partial charge on any atom is 0.417 e. The normalized spacial score (nSPS) is 14.4. The Morgan fingerprint density at radius 1 is 1.07 bits per heavy atom. The van der Waals surface area contributed by atoms with E-state index in [-0.39, 0.29) is 29.8 Å². The third-order valence-corrected chi connectivity index (χ3v) is 5.67. The van der Waals surface area contributed by atoms with E-state index in [1.54, 1.807) is 0 Å². The largest absolute Gasteiger partial charge is 0.417 e. The number of aromatic nitrogens is 1. The number of nitrogens with one attached hydrogen (secondary N) is 3. The molecule has 0 spiro atoms. The van der Waals surface area contributed by atoms with Crippen molar-refractivity contribution in [1.82, 2.24) is 15.0 Å². The number of carbonyl (C=O) groups is 1. The van der Waals surface area contributed by atoms with Crippen molar-refractivity contribution in [1.29, 1.82) is 0 Å². The molecule has 11 heteroatoms. The molecule has 3 rings (SSSR count). The van der Waals surface area contributed by atoms with Gasteiger partial charge < -0.3 is 10.6 Å². The molecule has 3 N–H and O–H groups in total. The molecule has 1 aromatic heterocycles. The molecule has 0 atom stereocenters. The molecule has 0 radical (unpaired) electrons. The van der Waals surface area contributed by atoms with Crippen molar-refractivity contribution >= 4 is 21.7 Å². The van der Waals surface area contributed by atoms with Gasteiger partial charge in [0, 0.05) is 30.9 Å². The van der Waals surface area contributed by atoms with Crippen LogP contribution < -0.4 is 15.4 Å². The average Bonchev–Trinajstić information content (AvgIpc) is 3.48. The maximum absolute atomic E-state index is 12.5. The van der Waals surface area contributed by atoms with E-state index in [0.29, 0.717) is 5.56 Å². The highest BCUT2D eigenvalue weighted by molar-refractivity contribution is 7.89. The Morgan fingerprint density at radius 3 is 2.31 bits per heavy atom. The van der Waals surface area contributed by atoms with E-state index < -0.39 is 27.7 Å². The third kappa shape index (κ3) is 5.91. The lowest BCUT2D eigenvalue weighted by atomic mass is 10.2. The van der Waals surface area contributed by atoms with Crippen LogP contribution in [-0.2, 0) is 16.2 Å².